The monoisotopic (exact) mass is 324 g/mol. The van der Waals surface area contributed by atoms with Crippen LogP contribution in [0.25, 0.3) is 0 Å². The highest BCUT2D eigenvalue weighted by Crippen LogP contribution is 2.41. The Labute approximate surface area is 125 Å². The maximum absolute atomic E-state index is 5.86. The van der Waals surface area contributed by atoms with Gasteiger partial charge in [0, 0.05) is 10.5 Å². The third-order valence-electron chi connectivity index (χ3n) is 4.78. The largest absolute Gasteiger partial charge is 0.271 e. The molecule has 0 heterocycles. The van der Waals surface area contributed by atoms with Gasteiger partial charge >= 0.3 is 0 Å². The molecule has 0 bridgehead atoms. The molecule has 3 N–H and O–H groups in total. The fraction of sp³-hybridized carbons (Fsp3) is 0.625. The summed E-state index contributed by atoms with van der Waals surface area (Å²) in [6, 6.07) is 6.76. The summed E-state index contributed by atoms with van der Waals surface area (Å²) in [5.74, 6) is 8.13. The number of nitrogens with one attached hydrogen (secondary N) is 1. The van der Waals surface area contributed by atoms with Gasteiger partial charge < -0.3 is 0 Å². The van der Waals surface area contributed by atoms with E-state index in [1.807, 2.05) is 0 Å². The number of hydrogen-bond acceptors (Lipinski definition) is 2. The van der Waals surface area contributed by atoms with Crippen LogP contribution in [0.2, 0.25) is 0 Å². The molecule has 3 heteroatoms. The maximum atomic E-state index is 5.86. The van der Waals surface area contributed by atoms with Crippen LogP contribution in [0.3, 0.4) is 0 Å². The maximum Gasteiger partial charge on any atom is 0.0499 e. The molecule has 0 amide bonds. The lowest BCUT2D eigenvalue weighted by atomic mass is 9.72. The van der Waals surface area contributed by atoms with Crippen LogP contribution in [0.15, 0.2) is 22.7 Å². The van der Waals surface area contributed by atoms with Crippen molar-refractivity contribution in [2.45, 2.75) is 46.1 Å². The standard InChI is InChI=1S/C16H25BrN2/c1-10-4-7-15(17)14(8-10)16(19-18)13-6-5-11(2)12(3)9-13/h4,7-8,11-13,16,19H,5-6,9,18H2,1-3H3. The molecule has 19 heavy (non-hydrogen) atoms. The molecule has 0 spiro atoms. The molecule has 2 rings (SSSR count). The zero-order valence-corrected chi connectivity index (χ0v) is 13.7. The Bertz CT molecular complexity index is 433. The molecule has 1 fully saturated rings. The quantitative estimate of drug-likeness (QED) is 0.641. The molecule has 0 saturated heterocycles. The van der Waals surface area contributed by atoms with Gasteiger partial charge in [-0.2, -0.15) is 0 Å². The first-order chi connectivity index (χ1) is 9.02. The van der Waals surface area contributed by atoms with E-state index in [0.29, 0.717) is 5.92 Å². The first-order valence-corrected chi connectivity index (χ1v) is 8.04. The van der Waals surface area contributed by atoms with E-state index in [4.69, 9.17) is 5.84 Å². The molecular weight excluding hydrogens is 300 g/mol. The van der Waals surface area contributed by atoms with E-state index in [-0.39, 0.29) is 6.04 Å². The lowest BCUT2D eigenvalue weighted by molar-refractivity contribution is 0.171. The van der Waals surface area contributed by atoms with Gasteiger partial charge in [0.2, 0.25) is 0 Å². The molecule has 1 aliphatic carbocycles. The van der Waals surface area contributed by atoms with Gasteiger partial charge in [-0.25, -0.2) is 0 Å². The lowest BCUT2D eigenvalue weighted by Gasteiger charge is -2.37. The van der Waals surface area contributed by atoms with Gasteiger partial charge in [0.25, 0.3) is 0 Å². The van der Waals surface area contributed by atoms with Crippen LogP contribution in [0, 0.1) is 24.7 Å². The van der Waals surface area contributed by atoms with E-state index < -0.39 is 0 Å². The van der Waals surface area contributed by atoms with Gasteiger partial charge in [0.15, 0.2) is 0 Å². The van der Waals surface area contributed by atoms with E-state index in [9.17, 15) is 0 Å². The van der Waals surface area contributed by atoms with Gasteiger partial charge in [0.1, 0.15) is 0 Å². The fourth-order valence-electron chi connectivity index (χ4n) is 3.27. The molecule has 1 aromatic rings. The van der Waals surface area contributed by atoms with Gasteiger partial charge in [-0.05, 0) is 49.1 Å². The number of rotatable bonds is 3. The summed E-state index contributed by atoms with van der Waals surface area (Å²) in [5, 5.41) is 0. The van der Waals surface area contributed by atoms with Gasteiger partial charge in [-0.1, -0.05) is 53.9 Å². The number of aryl methyl sites for hydroxylation is 1. The summed E-state index contributed by atoms with van der Waals surface area (Å²) >= 11 is 3.67. The molecule has 1 aliphatic rings. The molecule has 106 valence electrons. The summed E-state index contributed by atoms with van der Waals surface area (Å²) in [6.45, 7) is 6.87. The molecule has 0 aromatic heterocycles. The van der Waals surface area contributed by atoms with Crippen LogP contribution < -0.4 is 11.3 Å². The van der Waals surface area contributed by atoms with Crippen molar-refractivity contribution in [1.29, 1.82) is 0 Å². The second-order valence-corrected chi connectivity index (χ2v) is 7.05. The number of halogens is 1. The lowest BCUT2D eigenvalue weighted by Crippen LogP contribution is -2.37. The Hall–Kier alpha value is -0.380. The Morgan fingerprint density at radius 1 is 1.26 bits per heavy atom. The van der Waals surface area contributed by atoms with Crippen LogP contribution in [-0.4, -0.2) is 0 Å². The molecule has 4 atom stereocenters. The molecular formula is C16H25BrN2. The average molecular weight is 325 g/mol. The highest BCUT2D eigenvalue weighted by atomic mass is 79.9. The highest BCUT2D eigenvalue weighted by molar-refractivity contribution is 9.10. The van der Waals surface area contributed by atoms with E-state index in [2.05, 4.69) is 60.3 Å². The van der Waals surface area contributed by atoms with Crippen molar-refractivity contribution < 1.29 is 0 Å². The third-order valence-corrected chi connectivity index (χ3v) is 5.50. The van der Waals surface area contributed by atoms with Crippen molar-refractivity contribution in [2.24, 2.45) is 23.6 Å². The van der Waals surface area contributed by atoms with Crippen LogP contribution in [0.5, 0.6) is 0 Å². The van der Waals surface area contributed by atoms with Crippen molar-refractivity contribution in [1.82, 2.24) is 5.43 Å². The molecule has 1 aromatic carbocycles. The topological polar surface area (TPSA) is 38.0 Å². The number of benzene rings is 1. The van der Waals surface area contributed by atoms with Crippen molar-refractivity contribution >= 4 is 15.9 Å². The van der Waals surface area contributed by atoms with Crippen molar-refractivity contribution in [2.75, 3.05) is 0 Å². The number of hydrogen-bond donors (Lipinski definition) is 2. The summed E-state index contributed by atoms with van der Waals surface area (Å²) in [7, 11) is 0. The minimum atomic E-state index is 0.254. The molecule has 2 nitrogen and oxygen atoms in total. The zero-order valence-electron chi connectivity index (χ0n) is 12.1. The highest BCUT2D eigenvalue weighted by Gasteiger charge is 2.31. The summed E-state index contributed by atoms with van der Waals surface area (Å²) in [5.41, 5.74) is 5.65. The average Bonchev–Trinajstić information content (AvgIpc) is 2.38. The third kappa shape index (κ3) is 3.39. The predicted molar refractivity (Wildman–Crippen MR) is 84.6 cm³/mol. The summed E-state index contributed by atoms with van der Waals surface area (Å²) < 4.78 is 1.16. The first-order valence-electron chi connectivity index (χ1n) is 7.25. The van der Waals surface area contributed by atoms with E-state index in [1.165, 1.54) is 30.4 Å². The van der Waals surface area contributed by atoms with Crippen molar-refractivity contribution in [3.05, 3.63) is 33.8 Å². The minimum Gasteiger partial charge on any atom is -0.271 e. The summed E-state index contributed by atoms with van der Waals surface area (Å²) in [4.78, 5) is 0. The Kier molecular flexibility index (Phi) is 5.04. The predicted octanol–water partition coefficient (Wildman–Crippen LogP) is 4.33. The van der Waals surface area contributed by atoms with Crippen LogP contribution in [-0.2, 0) is 0 Å². The molecule has 0 aliphatic heterocycles. The van der Waals surface area contributed by atoms with E-state index in [1.54, 1.807) is 0 Å². The Morgan fingerprint density at radius 2 is 2.00 bits per heavy atom. The first kappa shape index (κ1) is 15.0. The zero-order chi connectivity index (χ0) is 14.0. The second kappa shape index (κ2) is 6.38. The van der Waals surface area contributed by atoms with Crippen LogP contribution in [0.1, 0.15) is 50.3 Å². The van der Waals surface area contributed by atoms with Crippen LogP contribution in [0.4, 0.5) is 0 Å². The Morgan fingerprint density at radius 3 is 2.63 bits per heavy atom. The molecule has 0 radical (unpaired) electrons. The fourth-order valence-corrected chi connectivity index (χ4v) is 3.77. The van der Waals surface area contributed by atoms with Crippen molar-refractivity contribution in [3.8, 4) is 0 Å². The van der Waals surface area contributed by atoms with Crippen molar-refractivity contribution in [3.63, 3.8) is 0 Å². The molecule has 1 saturated carbocycles. The summed E-state index contributed by atoms with van der Waals surface area (Å²) in [6.07, 6.45) is 3.84. The van der Waals surface area contributed by atoms with E-state index >= 15 is 0 Å². The second-order valence-electron chi connectivity index (χ2n) is 6.20. The SMILES string of the molecule is Cc1ccc(Br)c(C(NN)C2CCC(C)C(C)C2)c1. The van der Waals surface area contributed by atoms with Crippen LogP contribution >= 0.6 is 15.9 Å². The van der Waals surface area contributed by atoms with Gasteiger partial charge in [-0.15, -0.1) is 0 Å². The number of hydrazine groups is 1. The Balaban J connectivity index is 2.22. The van der Waals surface area contributed by atoms with E-state index in [0.717, 1.165) is 16.3 Å². The number of nitrogens with two attached hydrogens (primary N) is 1. The normalized spacial score (nSPS) is 29.2. The minimum absolute atomic E-state index is 0.254. The molecule has 4 unspecified atom stereocenters. The van der Waals surface area contributed by atoms with Gasteiger partial charge in [-0.3, -0.25) is 11.3 Å². The smallest absolute Gasteiger partial charge is 0.0499 e. The van der Waals surface area contributed by atoms with Gasteiger partial charge in [0.05, 0.1) is 0 Å².